The number of phenolic OH excluding ortho intramolecular Hbond substituents is 1. The highest BCUT2D eigenvalue weighted by molar-refractivity contribution is 7.80. The number of hydrogen-bond donors (Lipinski definition) is 4. The maximum atomic E-state index is 14.0. The van der Waals surface area contributed by atoms with Crippen LogP contribution in [0.15, 0.2) is 74.4 Å². The molecule has 3 aliphatic heterocycles. The number of nitrogens with zero attached hydrogens (tertiary/aromatic N) is 3. The van der Waals surface area contributed by atoms with Gasteiger partial charge in [0.15, 0.2) is 28.1 Å². The number of ether oxygens (including phenoxy) is 4. The molecule has 57 heavy (non-hydrogen) atoms. The lowest BCUT2D eigenvalue weighted by molar-refractivity contribution is -0.123. The first-order chi connectivity index (χ1) is 27.5. The number of aromatic hydroxyl groups is 1. The highest BCUT2D eigenvalue weighted by Gasteiger charge is 2.56. The molecule has 300 valence electrons. The Kier molecular flexibility index (Phi) is 12.8. The van der Waals surface area contributed by atoms with Crippen LogP contribution in [0.1, 0.15) is 52.4 Å². The number of anilines is 1. The van der Waals surface area contributed by atoms with E-state index in [9.17, 15) is 15.2 Å². The molecule has 1 fully saturated rings. The molecule has 13 heteroatoms. The molecule has 0 radical (unpaired) electrons. The van der Waals surface area contributed by atoms with Gasteiger partial charge in [0.2, 0.25) is 5.91 Å². The molecular formula is C44H52N6O6S. The van der Waals surface area contributed by atoms with Gasteiger partial charge in [0.05, 0.1) is 25.3 Å². The Morgan fingerprint density at radius 2 is 1.65 bits per heavy atom. The van der Waals surface area contributed by atoms with Crippen molar-refractivity contribution < 1.29 is 28.8 Å². The number of benzene rings is 3. The Labute approximate surface area is 340 Å². The van der Waals surface area contributed by atoms with Crippen molar-refractivity contribution in [1.29, 1.82) is 5.26 Å². The fraction of sp³-hybridized carbons (Fsp3) is 0.386. The Morgan fingerprint density at radius 3 is 2.28 bits per heavy atom. The zero-order valence-electron chi connectivity index (χ0n) is 33.3. The molecule has 2 bridgehead atoms. The van der Waals surface area contributed by atoms with Gasteiger partial charge in [-0.15, -0.1) is 0 Å². The van der Waals surface area contributed by atoms with Crippen molar-refractivity contribution in [2.75, 3.05) is 45.8 Å². The van der Waals surface area contributed by atoms with Crippen LogP contribution >= 0.6 is 12.2 Å². The number of nitriles is 1. The highest BCUT2D eigenvalue weighted by Crippen LogP contribution is 2.57. The van der Waals surface area contributed by atoms with Gasteiger partial charge in [0.25, 0.3) is 0 Å². The van der Waals surface area contributed by atoms with E-state index in [0.717, 1.165) is 39.1 Å². The van der Waals surface area contributed by atoms with Gasteiger partial charge in [-0.25, -0.2) is 0 Å². The van der Waals surface area contributed by atoms with Crippen molar-refractivity contribution >= 4 is 28.9 Å². The second-order valence-corrected chi connectivity index (χ2v) is 15.0. The number of aryl methyl sites for hydroxylation is 1. The van der Waals surface area contributed by atoms with Crippen LogP contribution in [0.5, 0.6) is 28.7 Å². The number of methoxy groups -OCH3 is 1. The van der Waals surface area contributed by atoms with Gasteiger partial charge >= 0.3 is 0 Å². The summed E-state index contributed by atoms with van der Waals surface area (Å²) in [6.07, 6.45) is 5.95. The fourth-order valence-corrected chi connectivity index (χ4v) is 9.10. The highest BCUT2D eigenvalue weighted by atomic mass is 32.1. The number of carbonyl (C=O) groups excluding carboxylic acids is 1. The van der Waals surface area contributed by atoms with Crippen LogP contribution in [0.25, 0.3) is 0 Å². The van der Waals surface area contributed by atoms with Gasteiger partial charge in [-0.2, -0.15) is 5.26 Å². The molecule has 12 nitrogen and oxygen atoms in total. The quantitative estimate of drug-likeness (QED) is 0.106. The van der Waals surface area contributed by atoms with Crippen molar-refractivity contribution in [3.05, 3.63) is 108 Å². The molecule has 1 amide bonds. The van der Waals surface area contributed by atoms with E-state index in [1.54, 1.807) is 32.3 Å². The molecule has 3 aromatic carbocycles. The van der Waals surface area contributed by atoms with Crippen molar-refractivity contribution in [2.24, 2.45) is 0 Å². The summed E-state index contributed by atoms with van der Waals surface area (Å²) in [4.78, 5) is 18.4. The van der Waals surface area contributed by atoms with Gasteiger partial charge in [0.1, 0.15) is 37.7 Å². The fourth-order valence-electron chi connectivity index (χ4n) is 8.81. The molecule has 6 atom stereocenters. The number of amides is 1. The Morgan fingerprint density at radius 1 is 1.00 bits per heavy atom. The number of hydrogen-bond acceptors (Lipinski definition) is 10. The summed E-state index contributed by atoms with van der Waals surface area (Å²) >= 11 is 5.55. The molecule has 0 aliphatic carbocycles. The second-order valence-electron chi connectivity index (χ2n) is 14.6. The molecule has 0 spiro atoms. The predicted octanol–water partition coefficient (Wildman–Crippen LogP) is 5.97. The van der Waals surface area contributed by atoms with E-state index >= 15 is 0 Å². The van der Waals surface area contributed by atoms with Crippen LogP contribution in [-0.4, -0.2) is 90.6 Å². The molecule has 0 aromatic heterocycles. The molecule has 0 saturated carbocycles. The van der Waals surface area contributed by atoms with Gasteiger partial charge in [-0.05, 0) is 76.1 Å². The SMILES string of the molecule is C=CCOc1c(C)c(OCC=C)c(OCC=C)c2c1C[C@H]1[C@H]3c4c(cc(C)c(OC)c4O)C[C@@H]([C@H](C#N)N1[C@H]2CNC(=O)[C@H](C)NC(=S)Nc1ccccc1)N3C. The maximum Gasteiger partial charge on any atom is 0.242 e. The smallest absolute Gasteiger partial charge is 0.242 e. The first-order valence-corrected chi connectivity index (χ1v) is 19.5. The molecule has 6 rings (SSSR count). The van der Waals surface area contributed by atoms with Crippen molar-refractivity contribution in [3.63, 3.8) is 0 Å². The lowest BCUT2D eigenvalue weighted by Crippen LogP contribution is -2.69. The first kappa shape index (κ1) is 41.1. The van der Waals surface area contributed by atoms with Crippen molar-refractivity contribution in [1.82, 2.24) is 20.4 Å². The number of piperazine rings is 1. The summed E-state index contributed by atoms with van der Waals surface area (Å²) in [5, 5.41) is 32.7. The topological polar surface area (TPSA) is 141 Å². The second kappa shape index (κ2) is 17.7. The van der Waals surface area contributed by atoms with E-state index in [1.807, 2.05) is 51.2 Å². The van der Waals surface area contributed by atoms with E-state index < -0.39 is 18.1 Å². The molecule has 4 N–H and O–H groups in total. The average Bonchev–Trinajstić information content (AvgIpc) is 3.19. The van der Waals surface area contributed by atoms with Crippen LogP contribution in [0.4, 0.5) is 5.69 Å². The number of para-hydroxylation sites is 1. The van der Waals surface area contributed by atoms with E-state index in [2.05, 4.69) is 57.6 Å². The number of nitrogens with one attached hydrogen (secondary N) is 3. The maximum absolute atomic E-state index is 14.0. The van der Waals surface area contributed by atoms with Gasteiger partial charge in [0, 0.05) is 46.6 Å². The largest absolute Gasteiger partial charge is 0.504 e. The van der Waals surface area contributed by atoms with Crippen molar-refractivity contribution in [3.8, 4) is 34.8 Å². The number of likely N-dealkylation sites (N-methyl/N-ethyl adjacent to an activating group) is 1. The molecular weight excluding hydrogens is 741 g/mol. The van der Waals surface area contributed by atoms with E-state index in [1.165, 1.54) is 0 Å². The van der Waals surface area contributed by atoms with Gasteiger partial charge in [-0.3, -0.25) is 14.6 Å². The lowest BCUT2D eigenvalue weighted by atomic mass is 9.71. The molecule has 3 aliphatic rings. The third-order valence-electron chi connectivity index (χ3n) is 11.1. The Balaban J connectivity index is 1.51. The monoisotopic (exact) mass is 792 g/mol. The normalized spacial score (nSPS) is 21.2. The van der Waals surface area contributed by atoms with Crippen LogP contribution in [0.2, 0.25) is 0 Å². The van der Waals surface area contributed by atoms with Gasteiger partial charge < -0.3 is 40.0 Å². The minimum absolute atomic E-state index is 0.0938. The number of phenols is 1. The van der Waals surface area contributed by atoms with Crippen LogP contribution < -0.4 is 34.9 Å². The van der Waals surface area contributed by atoms with E-state index in [0.29, 0.717) is 41.0 Å². The van der Waals surface area contributed by atoms with E-state index in [4.69, 9.17) is 31.2 Å². The minimum Gasteiger partial charge on any atom is -0.504 e. The summed E-state index contributed by atoms with van der Waals surface area (Å²) in [5.74, 6) is 1.78. The number of carbonyl (C=O) groups is 1. The molecule has 3 aromatic rings. The Hall–Kier alpha value is -5.55. The molecule has 0 unspecified atom stereocenters. The minimum atomic E-state index is -0.710. The number of rotatable bonds is 15. The summed E-state index contributed by atoms with van der Waals surface area (Å²) in [6.45, 7) is 18.0. The molecule has 1 saturated heterocycles. The van der Waals surface area contributed by atoms with E-state index in [-0.39, 0.29) is 56.1 Å². The van der Waals surface area contributed by atoms with Gasteiger partial charge in [-0.1, -0.05) is 62.2 Å². The number of fused-ring (bicyclic) bond motifs is 7. The summed E-state index contributed by atoms with van der Waals surface area (Å²) < 4.78 is 25.1. The zero-order chi connectivity index (χ0) is 41.0. The zero-order valence-corrected chi connectivity index (χ0v) is 34.1. The Bertz CT molecular complexity index is 2090. The standard InChI is InChI=1S/C44H52N6O6S/c1-9-17-54-40-26(5)41(55-18-10-2)42(56-19-11-3)36-30(40)22-32-37-35-28(20-25(4)39(53-8)38(35)51)21-31(49(37)7)33(23-45)50(32)34(36)24-46-43(52)27(6)47-44(57)48-29-15-13-12-14-16-29/h9-16,20,27,31-34,37,51H,1-3,17-19,21-22,24H2,4-8H3,(H,46,52)(H2,47,48,57)/t27-,31-,32-,33-,34-,37-/m0/s1. The van der Waals surface area contributed by atoms with Crippen LogP contribution in [0, 0.1) is 25.2 Å². The van der Waals surface area contributed by atoms with Crippen LogP contribution in [0.3, 0.4) is 0 Å². The average molecular weight is 793 g/mol. The first-order valence-electron chi connectivity index (χ1n) is 19.1. The lowest BCUT2D eigenvalue weighted by Gasteiger charge is -2.60. The molecule has 3 heterocycles. The summed E-state index contributed by atoms with van der Waals surface area (Å²) in [7, 11) is 3.57. The summed E-state index contributed by atoms with van der Waals surface area (Å²) in [5.41, 5.74) is 5.70. The van der Waals surface area contributed by atoms with Crippen molar-refractivity contribution in [2.45, 2.75) is 69.9 Å². The summed E-state index contributed by atoms with van der Waals surface area (Å²) in [6, 6.07) is 11.3. The third-order valence-corrected chi connectivity index (χ3v) is 11.4. The number of thiocarbonyl (C=S) groups is 1. The predicted molar refractivity (Wildman–Crippen MR) is 225 cm³/mol. The third kappa shape index (κ3) is 7.77. The van der Waals surface area contributed by atoms with Crippen LogP contribution in [-0.2, 0) is 17.6 Å².